The van der Waals surface area contributed by atoms with Crippen molar-refractivity contribution in [3.8, 4) is 5.75 Å². The van der Waals surface area contributed by atoms with Gasteiger partial charge in [0.25, 0.3) is 0 Å². The predicted molar refractivity (Wildman–Crippen MR) is 121 cm³/mol. The molecule has 0 saturated carbocycles. The first-order valence-corrected chi connectivity index (χ1v) is 11.1. The van der Waals surface area contributed by atoms with Crippen molar-refractivity contribution in [2.45, 2.75) is 58.3 Å². The van der Waals surface area contributed by atoms with Gasteiger partial charge in [0.15, 0.2) is 0 Å². The van der Waals surface area contributed by atoms with Crippen molar-refractivity contribution in [3.63, 3.8) is 0 Å². The average molecular weight is 411 g/mol. The van der Waals surface area contributed by atoms with Gasteiger partial charge in [0.1, 0.15) is 5.75 Å². The van der Waals surface area contributed by atoms with E-state index in [-0.39, 0.29) is 0 Å². The van der Waals surface area contributed by atoms with E-state index in [1.54, 1.807) is 11.3 Å². The molecule has 1 N–H and O–H groups in total. The van der Waals surface area contributed by atoms with E-state index in [4.69, 9.17) is 4.74 Å². The SMILES string of the molecule is CCCCOc1cccc2sc(CC(C)(C(=O)O)c3ccc(C(C)C)cc3)cc12. The van der Waals surface area contributed by atoms with E-state index in [9.17, 15) is 9.90 Å². The Kier molecular flexibility index (Phi) is 6.63. The molecule has 2 aromatic carbocycles. The maximum absolute atomic E-state index is 12.3. The molecule has 0 aliphatic carbocycles. The summed E-state index contributed by atoms with van der Waals surface area (Å²) in [5, 5.41) is 11.2. The van der Waals surface area contributed by atoms with E-state index in [1.165, 1.54) is 5.56 Å². The van der Waals surface area contributed by atoms with Crippen LogP contribution in [-0.4, -0.2) is 17.7 Å². The summed E-state index contributed by atoms with van der Waals surface area (Å²) in [6.07, 6.45) is 2.57. The Hall–Kier alpha value is -2.33. The fourth-order valence-corrected chi connectivity index (χ4v) is 4.75. The molecule has 0 saturated heterocycles. The Morgan fingerprint density at radius 1 is 1.17 bits per heavy atom. The quantitative estimate of drug-likeness (QED) is 0.395. The number of fused-ring (bicyclic) bond motifs is 1. The van der Waals surface area contributed by atoms with Crippen LogP contribution in [0.5, 0.6) is 5.75 Å². The van der Waals surface area contributed by atoms with Crippen LogP contribution < -0.4 is 4.74 Å². The minimum absolute atomic E-state index is 0.425. The summed E-state index contributed by atoms with van der Waals surface area (Å²) in [5.74, 6) is 0.511. The van der Waals surface area contributed by atoms with Crippen molar-refractivity contribution in [2.24, 2.45) is 0 Å². The van der Waals surface area contributed by atoms with Crippen LogP contribution in [0.25, 0.3) is 10.1 Å². The molecule has 0 aliphatic rings. The first-order valence-electron chi connectivity index (χ1n) is 10.3. The van der Waals surface area contributed by atoms with Crippen molar-refractivity contribution < 1.29 is 14.6 Å². The molecule has 1 atom stereocenters. The van der Waals surface area contributed by atoms with Crippen molar-refractivity contribution >= 4 is 27.4 Å². The van der Waals surface area contributed by atoms with Crippen LogP contribution in [-0.2, 0) is 16.6 Å². The summed E-state index contributed by atoms with van der Waals surface area (Å²) in [6.45, 7) is 8.96. The standard InChI is InChI=1S/C25H30O3S/c1-5-6-14-28-22-8-7-9-23-21(22)15-20(29-23)16-25(4,24(26)27)19-12-10-18(11-13-19)17(2)3/h7-13,15,17H,5-6,14,16H2,1-4H3,(H,26,27). The van der Waals surface area contributed by atoms with Crippen LogP contribution in [0.1, 0.15) is 62.5 Å². The highest BCUT2D eigenvalue weighted by Crippen LogP contribution is 2.37. The van der Waals surface area contributed by atoms with Crippen LogP contribution in [0.4, 0.5) is 0 Å². The highest BCUT2D eigenvalue weighted by atomic mass is 32.1. The molecule has 1 aromatic heterocycles. The van der Waals surface area contributed by atoms with Gasteiger partial charge in [-0.05, 0) is 48.6 Å². The van der Waals surface area contributed by atoms with E-state index in [2.05, 4.69) is 32.9 Å². The number of hydrogen-bond donors (Lipinski definition) is 1. The number of rotatable bonds is 9. The largest absolute Gasteiger partial charge is 0.493 e. The zero-order chi connectivity index (χ0) is 21.0. The van der Waals surface area contributed by atoms with Crippen LogP contribution in [0.3, 0.4) is 0 Å². The maximum atomic E-state index is 12.3. The molecule has 0 fully saturated rings. The number of carbonyl (C=O) groups is 1. The van der Waals surface area contributed by atoms with Gasteiger partial charge in [-0.1, -0.05) is 57.5 Å². The first-order chi connectivity index (χ1) is 13.8. The highest BCUT2D eigenvalue weighted by Gasteiger charge is 2.36. The number of benzene rings is 2. The monoisotopic (exact) mass is 410 g/mol. The van der Waals surface area contributed by atoms with E-state index in [0.717, 1.165) is 39.1 Å². The maximum Gasteiger partial charge on any atom is 0.314 e. The summed E-state index contributed by atoms with van der Waals surface area (Å²) >= 11 is 1.65. The number of thiophene rings is 1. The number of carboxylic acids is 1. The minimum atomic E-state index is -0.973. The van der Waals surface area contributed by atoms with Gasteiger partial charge in [-0.3, -0.25) is 4.79 Å². The third kappa shape index (κ3) is 4.64. The van der Waals surface area contributed by atoms with Gasteiger partial charge >= 0.3 is 5.97 Å². The number of unbranched alkanes of at least 4 members (excludes halogenated alkanes) is 1. The van der Waals surface area contributed by atoms with Crippen molar-refractivity contribution in [3.05, 3.63) is 64.5 Å². The van der Waals surface area contributed by atoms with E-state index in [0.29, 0.717) is 18.9 Å². The Morgan fingerprint density at radius 2 is 1.90 bits per heavy atom. The van der Waals surface area contributed by atoms with Crippen LogP contribution in [0.2, 0.25) is 0 Å². The molecule has 29 heavy (non-hydrogen) atoms. The minimum Gasteiger partial charge on any atom is -0.493 e. The van der Waals surface area contributed by atoms with Crippen molar-refractivity contribution in [1.82, 2.24) is 0 Å². The molecule has 0 amide bonds. The Bertz CT molecular complexity index is 971. The second kappa shape index (κ2) is 9.00. The van der Waals surface area contributed by atoms with Crippen LogP contribution in [0.15, 0.2) is 48.5 Å². The summed E-state index contributed by atoms with van der Waals surface area (Å²) < 4.78 is 7.10. The average Bonchev–Trinajstić information content (AvgIpc) is 3.11. The summed E-state index contributed by atoms with van der Waals surface area (Å²) in [7, 11) is 0. The fraction of sp³-hybridized carbons (Fsp3) is 0.400. The van der Waals surface area contributed by atoms with E-state index in [1.807, 2.05) is 43.3 Å². The topological polar surface area (TPSA) is 46.5 Å². The van der Waals surface area contributed by atoms with Gasteiger partial charge in [-0.15, -0.1) is 11.3 Å². The molecular formula is C25H30O3S. The molecule has 3 aromatic rings. The van der Waals surface area contributed by atoms with Crippen molar-refractivity contribution in [1.29, 1.82) is 0 Å². The number of carboxylic acid groups (broad SMARTS) is 1. The number of ether oxygens (including phenoxy) is 1. The molecular weight excluding hydrogens is 380 g/mol. The highest BCUT2D eigenvalue weighted by molar-refractivity contribution is 7.19. The third-order valence-electron chi connectivity index (χ3n) is 5.54. The number of aliphatic carboxylic acids is 1. The van der Waals surface area contributed by atoms with Crippen LogP contribution >= 0.6 is 11.3 Å². The molecule has 1 unspecified atom stereocenters. The van der Waals surface area contributed by atoms with E-state index < -0.39 is 11.4 Å². The van der Waals surface area contributed by atoms with Gasteiger partial charge in [0.05, 0.1) is 12.0 Å². The Morgan fingerprint density at radius 3 is 2.52 bits per heavy atom. The van der Waals surface area contributed by atoms with Gasteiger partial charge < -0.3 is 9.84 Å². The summed E-state index contributed by atoms with van der Waals surface area (Å²) in [5.41, 5.74) is 1.09. The molecule has 0 radical (unpaired) electrons. The number of hydrogen-bond acceptors (Lipinski definition) is 3. The third-order valence-corrected chi connectivity index (χ3v) is 6.64. The van der Waals surface area contributed by atoms with Gasteiger partial charge in [0, 0.05) is 21.4 Å². The fourth-order valence-electron chi connectivity index (χ4n) is 3.51. The van der Waals surface area contributed by atoms with Crippen LogP contribution in [0, 0.1) is 0 Å². The van der Waals surface area contributed by atoms with Gasteiger partial charge in [-0.2, -0.15) is 0 Å². The summed E-state index contributed by atoms with van der Waals surface area (Å²) in [6, 6.07) is 16.2. The van der Waals surface area contributed by atoms with Gasteiger partial charge in [0.2, 0.25) is 0 Å². The second-order valence-corrected chi connectivity index (χ2v) is 9.34. The Balaban J connectivity index is 1.91. The lowest BCUT2D eigenvalue weighted by Crippen LogP contribution is -2.34. The lowest BCUT2D eigenvalue weighted by Gasteiger charge is -2.25. The zero-order valence-corrected chi connectivity index (χ0v) is 18.5. The summed E-state index contributed by atoms with van der Waals surface area (Å²) in [4.78, 5) is 13.3. The molecule has 0 aliphatic heterocycles. The molecule has 3 rings (SSSR count). The molecule has 3 nitrogen and oxygen atoms in total. The van der Waals surface area contributed by atoms with E-state index >= 15 is 0 Å². The van der Waals surface area contributed by atoms with Crippen molar-refractivity contribution in [2.75, 3.05) is 6.61 Å². The lowest BCUT2D eigenvalue weighted by atomic mass is 9.78. The lowest BCUT2D eigenvalue weighted by molar-refractivity contribution is -0.143. The predicted octanol–water partition coefficient (Wildman–Crippen LogP) is 6.79. The molecule has 0 bridgehead atoms. The second-order valence-electron chi connectivity index (χ2n) is 8.17. The molecule has 0 spiro atoms. The Labute approximate surface area is 177 Å². The normalized spacial score (nSPS) is 13.6. The molecule has 154 valence electrons. The smallest absolute Gasteiger partial charge is 0.314 e. The zero-order valence-electron chi connectivity index (χ0n) is 17.7. The first kappa shape index (κ1) is 21.4. The molecule has 1 heterocycles. The van der Waals surface area contributed by atoms with Gasteiger partial charge in [-0.25, -0.2) is 0 Å². The molecule has 4 heteroatoms.